The Labute approximate surface area is 187 Å². The standard InChI is InChI=1S/C25H40N4O2/c1-18-15-22(29-14-12-25(31)10-6-4-8-21(25)17-29)27-23(26-18)19(2)28-13-11-24(30)9-5-3-7-20(24)16-28/h15,19-21,30-31H,3-14,16-17H2,1-2H3. The van der Waals surface area contributed by atoms with E-state index in [4.69, 9.17) is 9.97 Å². The first-order chi connectivity index (χ1) is 14.9. The zero-order chi connectivity index (χ0) is 21.6. The number of nitrogens with zero attached hydrogens (tertiary/aromatic N) is 4. The molecule has 5 atom stereocenters. The molecule has 2 saturated heterocycles. The molecule has 0 radical (unpaired) electrons. The van der Waals surface area contributed by atoms with E-state index in [1.165, 1.54) is 19.3 Å². The van der Waals surface area contributed by atoms with E-state index in [9.17, 15) is 10.2 Å². The SMILES string of the molecule is Cc1cc(N2CCC3(O)CCCCC3C2)nc(C(C)N2CCC3(O)CCCCC3C2)n1. The van der Waals surface area contributed by atoms with Gasteiger partial charge in [0.05, 0.1) is 17.2 Å². The Hall–Kier alpha value is -1.24. The second kappa shape index (κ2) is 8.27. The number of fused-ring (bicyclic) bond motifs is 2. The molecule has 2 saturated carbocycles. The van der Waals surface area contributed by atoms with Gasteiger partial charge in [0.1, 0.15) is 11.6 Å². The summed E-state index contributed by atoms with van der Waals surface area (Å²) in [5, 5.41) is 22.1. The molecule has 0 aromatic carbocycles. The van der Waals surface area contributed by atoms with E-state index >= 15 is 0 Å². The largest absolute Gasteiger partial charge is 0.390 e. The van der Waals surface area contributed by atoms with Crippen molar-refractivity contribution < 1.29 is 10.2 Å². The summed E-state index contributed by atoms with van der Waals surface area (Å²) < 4.78 is 0. The van der Waals surface area contributed by atoms with Gasteiger partial charge in [-0.15, -0.1) is 0 Å². The van der Waals surface area contributed by atoms with Crippen LogP contribution < -0.4 is 4.90 Å². The summed E-state index contributed by atoms with van der Waals surface area (Å²) in [5.74, 6) is 2.67. The molecular formula is C25H40N4O2. The number of hydrogen-bond acceptors (Lipinski definition) is 6. The van der Waals surface area contributed by atoms with E-state index in [1.54, 1.807) is 0 Å². The fourth-order valence-corrected chi connectivity index (χ4v) is 6.81. The number of rotatable bonds is 3. The van der Waals surface area contributed by atoms with Crippen molar-refractivity contribution in [3.8, 4) is 0 Å². The molecule has 31 heavy (non-hydrogen) atoms. The lowest BCUT2D eigenvalue weighted by molar-refractivity contribution is -0.102. The highest BCUT2D eigenvalue weighted by atomic mass is 16.3. The van der Waals surface area contributed by atoms with Crippen LogP contribution in [0.4, 0.5) is 5.82 Å². The van der Waals surface area contributed by atoms with E-state index in [1.807, 2.05) is 0 Å². The van der Waals surface area contributed by atoms with Gasteiger partial charge in [-0.2, -0.15) is 0 Å². The molecule has 0 bridgehead atoms. The van der Waals surface area contributed by atoms with E-state index < -0.39 is 11.2 Å². The molecule has 6 nitrogen and oxygen atoms in total. The fourth-order valence-electron chi connectivity index (χ4n) is 6.81. The third-order valence-electron chi connectivity index (χ3n) is 8.99. The van der Waals surface area contributed by atoms with Crippen LogP contribution in [0.2, 0.25) is 0 Å². The maximum atomic E-state index is 11.1. The number of hydrogen-bond donors (Lipinski definition) is 2. The van der Waals surface area contributed by atoms with Gasteiger partial charge in [-0.1, -0.05) is 25.7 Å². The van der Waals surface area contributed by atoms with Crippen molar-refractivity contribution in [2.75, 3.05) is 31.1 Å². The molecule has 5 unspecified atom stereocenters. The number of aromatic nitrogens is 2. The summed E-state index contributed by atoms with van der Waals surface area (Å²) in [6, 6.07) is 2.26. The minimum atomic E-state index is -0.461. The van der Waals surface area contributed by atoms with E-state index in [2.05, 4.69) is 29.7 Å². The van der Waals surface area contributed by atoms with Crippen molar-refractivity contribution >= 4 is 5.82 Å². The molecule has 4 aliphatic rings. The van der Waals surface area contributed by atoms with E-state index in [0.29, 0.717) is 11.8 Å². The number of aryl methyl sites for hydroxylation is 1. The Morgan fingerprint density at radius 2 is 1.55 bits per heavy atom. The molecular weight excluding hydrogens is 388 g/mol. The van der Waals surface area contributed by atoms with Crippen molar-refractivity contribution in [1.82, 2.24) is 14.9 Å². The first kappa shape index (κ1) is 21.6. The van der Waals surface area contributed by atoms with Crippen LogP contribution in [-0.4, -0.2) is 62.5 Å². The summed E-state index contributed by atoms with van der Waals surface area (Å²) in [6.07, 6.45) is 10.7. The Kier molecular flexibility index (Phi) is 5.76. The van der Waals surface area contributed by atoms with Crippen LogP contribution in [0.5, 0.6) is 0 Å². The quantitative estimate of drug-likeness (QED) is 0.766. The van der Waals surface area contributed by atoms with Gasteiger partial charge in [0, 0.05) is 49.8 Å². The Bertz CT molecular complexity index is 804. The minimum absolute atomic E-state index is 0.154. The number of likely N-dealkylation sites (tertiary alicyclic amines) is 1. The average molecular weight is 429 g/mol. The summed E-state index contributed by atoms with van der Waals surface area (Å²) in [7, 11) is 0. The maximum absolute atomic E-state index is 11.1. The van der Waals surface area contributed by atoms with Gasteiger partial charge in [0.2, 0.25) is 0 Å². The molecule has 0 amide bonds. The highest BCUT2D eigenvalue weighted by Gasteiger charge is 2.45. The van der Waals surface area contributed by atoms with E-state index in [-0.39, 0.29) is 6.04 Å². The lowest BCUT2D eigenvalue weighted by atomic mass is 9.71. The van der Waals surface area contributed by atoms with Crippen LogP contribution in [0, 0.1) is 18.8 Å². The number of piperidine rings is 2. The van der Waals surface area contributed by atoms with Crippen LogP contribution >= 0.6 is 0 Å². The van der Waals surface area contributed by atoms with Crippen LogP contribution in [0.3, 0.4) is 0 Å². The Morgan fingerprint density at radius 3 is 2.26 bits per heavy atom. The lowest BCUT2D eigenvalue weighted by Gasteiger charge is -2.49. The molecule has 4 fully saturated rings. The zero-order valence-electron chi connectivity index (χ0n) is 19.4. The molecule has 0 spiro atoms. The minimum Gasteiger partial charge on any atom is -0.390 e. The van der Waals surface area contributed by atoms with Gasteiger partial charge in [-0.25, -0.2) is 9.97 Å². The summed E-state index contributed by atoms with van der Waals surface area (Å²) in [6.45, 7) is 7.93. The maximum Gasteiger partial charge on any atom is 0.147 e. The van der Waals surface area contributed by atoms with Gasteiger partial charge in [-0.05, 0) is 52.4 Å². The third-order valence-corrected chi connectivity index (χ3v) is 8.99. The highest BCUT2D eigenvalue weighted by molar-refractivity contribution is 5.41. The van der Waals surface area contributed by atoms with Crippen LogP contribution in [0.1, 0.15) is 88.7 Å². The lowest BCUT2D eigenvalue weighted by Crippen LogP contribution is -2.54. The predicted octanol–water partition coefficient (Wildman–Crippen LogP) is 3.60. The monoisotopic (exact) mass is 428 g/mol. The van der Waals surface area contributed by atoms with Gasteiger partial charge in [0.15, 0.2) is 0 Å². The first-order valence-corrected chi connectivity index (χ1v) is 12.7. The van der Waals surface area contributed by atoms with E-state index in [0.717, 1.165) is 88.5 Å². The molecule has 6 heteroatoms. The van der Waals surface area contributed by atoms with Gasteiger partial charge in [-0.3, -0.25) is 4.90 Å². The summed E-state index contributed by atoms with van der Waals surface area (Å²) in [4.78, 5) is 14.7. The van der Waals surface area contributed by atoms with Gasteiger partial charge < -0.3 is 15.1 Å². The summed E-state index contributed by atoms with van der Waals surface area (Å²) in [5.41, 5.74) is 0.109. The highest BCUT2D eigenvalue weighted by Crippen LogP contribution is 2.42. The average Bonchev–Trinajstić information content (AvgIpc) is 2.77. The van der Waals surface area contributed by atoms with Gasteiger partial charge >= 0.3 is 0 Å². The molecule has 172 valence electrons. The van der Waals surface area contributed by atoms with Crippen LogP contribution in [-0.2, 0) is 0 Å². The predicted molar refractivity (Wildman–Crippen MR) is 122 cm³/mol. The zero-order valence-corrected chi connectivity index (χ0v) is 19.4. The van der Waals surface area contributed by atoms with Crippen LogP contribution in [0.25, 0.3) is 0 Å². The molecule has 2 aliphatic heterocycles. The first-order valence-electron chi connectivity index (χ1n) is 12.7. The second-order valence-corrected chi connectivity index (χ2v) is 10.9. The number of aliphatic hydroxyl groups is 2. The van der Waals surface area contributed by atoms with Crippen molar-refractivity contribution in [2.24, 2.45) is 11.8 Å². The summed E-state index contributed by atoms with van der Waals surface area (Å²) >= 11 is 0. The number of anilines is 1. The Morgan fingerprint density at radius 1 is 0.903 bits per heavy atom. The fraction of sp³-hybridized carbons (Fsp3) is 0.840. The topological polar surface area (TPSA) is 72.7 Å². The van der Waals surface area contributed by atoms with Crippen molar-refractivity contribution in [3.63, 3.8) is 0 Å². The normalized spacial score (nSPS) is 37.7. The van der Waals surface area contributed by atoms with Crippen LogP contribution in [0.15, 0.2) is 6.07 Å². The Balaban J connectivity index is 1.32. The van der Waals surface area contributed by atoms with Crippen molar-refractivity contribution in [3.05, 3.63) is 17.6 Å². The van der Waals surface area contributed by atoms with Gasteiger partial charge in [0.25, 0.3) is 0 Å². The van der Waals surface area contributed by atoms with Crippen molar-refractivity contribution in [2.45, 2.75) is 95.3 Å². The molecule has 1 aromatic rings. The third kappa shape index (κ3) is 4.11. The molecule has 5 rings (SSSR count). The van der Waals surface area contributed by atoms with Crippen molar-refractivity contribution in [1.29, 1.82) is 0 Å². The molecule has 2 aliphatic carbocycles. The molecule has 2 N–H and O–H groups in total. The molecule has 1 aromatic heterocycles. The second-order valence-electron chi connectivity index (χ2n) is 10.9. The smallest absolute Gasteiger partial charge is 0.147 e. The molecule has 3 heterocycles.